The first-order valence-corrected chi connectivity index (χ1v) is 8.58. The Morgan fingerprint density at radius 3 is 2.88 bits per heavy atom. The maximum Gasteiger partial charge on any atom is 0.207 e. The summed E-state index contributed by atoms with van der Waals surface area (Å²) in [6.45, 7) is 6.85. The van der Waals surface area contributed by atoms with Gasteiger partial charge in [-0.05, 0) is 30.7 Å². The fraction of sp³-hybridized carbons (Fsp3) is 0.333. The second kappa shape index (κ2) is 6.28. The van der Waals surface area contributed by atoms with Gasteiger partial charge in [0, 0.05) is 16.8 Å². The molecule has 0 saturated carbocycles. The molecule has 0 aliphatic rings. The van der Waals surface area contributed by atoms with Crippen molar-refractivity contribution in [3.63, 3.8) is 0 Å². The number of hydrogen-bond donors (Lipinski definition) is 2. The standard InChI is InChI=1S/C18H21N3O2S/c1-11-7-13(17(23-4)24-11)16-20-14-6-5-12(8-15(14)21-16)18(2,3)9-19-10-22/h5-8,10H,9H2,1-4H3,(H,19,22)(H,20,21). The number of amides is 1. The van der Waals surface area contributed by atoms with E-state index in [1.54, 1.807) is 18.4 Å². The van der Waals surface area contributed by atoms with Crippen molar-refractivity contribution < 1.29 is 9.53 Å². The lowest BCUT2D eigenvalue weighted by Crippen LogP contribution is -2.32. The van der Waals surface area contributed by atoms with Crippen LogP contribution in [0, 0.1) is 6.92 Å². The molecule has 0 bridgehead atoms. The van der Waals surface area contributed by atoms with Crippen molar-refractivity contribution in [3.8, 4) is 16.5 Å². The molecule has 1 amide bonds. The Morgan fingerprint density at radius 1 is 1.38 bits per heavy atom. The molecule has 0 saturated heterocycles. The summed E-state index contributed by atoms with van der Waals surface area (Å²) in [6, 6.07) is 8.26. The monoisotopic (exact) mass is 343 g/mol. The third-order valence-corrected chi connectivity index (χ3v) is 5.16. The molecule has 5 nitrogen and oxygen atoms in total. The van der Waals surface area contributed by atoms with Crippen molar-refractivity contribution >= 4 is 28.8 Å². The maximum absolute atomic E-state index is 10.6. The Kier molecular flexibility index (Phi) is 4.32. The Balaban J connectivity index is 2.01. The highest BCUT2D eigenvalue weighted by Gasteiger charge is 2.21. The highest BCUT2D eigenvalue weighted by Crippen LogP contribution is 2.37. The van der Waals surface area contributed by atoms with Crippen LogP contribution in [0.4, 0.5) is 0 Å². The number of aromatic amines is 1. The van der Waals surface area contributed by atoms with Crippen LogP contribution in [0.15, 0.2) is 24.3 Å². The summed E-state index contributed by atoms with van der Waals surface area (Å²) >= 11 is 1.61. The van der Waals surface area contributed by atoms with E-state index < -0.39 is 0 Å². The van der Waals surface area contributed by atoms with E-state index in [4.69, 9.17) is 4.74 Å². The third-order valence-electron chi connectivity index (χ3n) is 4.15. The Labute approximate surface area is 145 Å². The number of H-pyrrole nitrogens is 1. The van der Waals surface area contributed by atoms with Gasteiger partial charge in [0.25, 0.3) is 0 Å². The lowest BCUT2D eigenvalue weighted by molar-refractivity contribution is -0.109. The highest BCUT2D eigenvalue weighted by molar-refractivity contribution is 7.14. The van der Waals surface area contributed by atoms with Gasteiger partial charge in [-0.2, -0.15) is 0 Å². The zero-order valence-electron chi connectivity index (χ0n) is 14.3. The van der Waals surface area contributed by atoms with Crippen LogP contribution in [-0.2, 0) is 10.2 Å². The summed E-state index contributed by atoms with van der Waals surface area (Å²) in [7, 11) is 1.68. The minimum atomic E-state index is -0.156. The van der Waals surface area contributed by atoms with Gasteiger partial charge in [0.15, 0.2) is 5.06 Å². The van der Waals surface area contributed by atoms with Crippen LogP contribution in [0.2, 0.25) is 0 Å². The van der Waals surface area contributed by atoms with Gasteiger partial charge in [-0.3, -0.25) is 4.79 Å². The van der Waals surface area contributed by atoms with Crippen molar-refractivity contribution in [1.82, 2.24) is 15.3 Å². The summed E-state index contributed by atoms with van der Waals surface area (Å²) in [5.41, 5.74) is 3.87. The molecule has 0 radical (unpaired) electrons. The molecule has 0 spiro atoms. The molecule has 2 aromatic heterocycles. The highest BCUT2D eigenvalue weighted by atomic mass is 32.1. The van der Waals surface area contributed by atoms with E-state index in [0.717, 1.165) is 39.5 Å². The number of benzene rings is 1. The Hall–Kier alpha value is -2.34. The van der Waals surface area contributed by atoms with Crippen molar-refractivity contribution in [2.24, 2.45) is 0 Å². The number of aryl methyl sites for hydroxylation is 1. The SMILES string of the molecule is COc1sc(C)cc1-c1nc2ccc(C(C)(C)CNC=O)cc2[nH]1. The van der Waals surface area contributed by atoms with Gasteiger partial charge in [-0.25, -0.2) is 4.98 Å². The van der Waals surface area contributed by atoms with E-state index in [-0.39, 0.29) is 5.41 Å². The summed E-state index contributed by atoms with van der Waals surface area (Å²) in [5, 5.41) is 3.63. The lowest BCUT2D eigenvalue weighted by atomic mass is 9.84. The van der Waals surface area contributed by atoms with Gasteiger partial charge in [0.1, 0.15) is 5.82 Å². The Bertz CT molecular complexity index is 880. The number of imidazole rings is 1. The minimum Gasteiger partial charge on any atom is -0.487 e. The third kappa shape index (κ3) is 3.01. The molecule has 6 heteroatoms. The van der Waals surface area contributed by atoms with E-state index in [9.17, 15) is 4.79 Å². The molecular weight excluding hydrogens is 322 g/mol. The van der Waals surface area contributed by atoms with Crippen LogP contribution in [0.1, 0.15) is 24.3 Å². The summed E-state index contributed by atoms with van der Waals surface area (Å²) in [5.74, 6) is 0.812. The number of fused-ring (bicyclic) bond motifs is 1. The molecule has 0 fully saturated rings. The molecule has 1 aromatic carbocycles. The first-order chi connectivity index (χ1) is 11.4. The molecule has 0 unspecified atom stereocenters. The van der Waals surface area contributed by atoms with Crippen LogP contribution >= 0.6 is 11.3 Å². The van der Waals surface area contributed by atoms with Crippen molar-refractivity contribution in [3.05, 3.63) is 34.7 Å². The van der Waals surface area contributed by atoms with Crippen molar-refractivity contribution in [1.29, 1.82) is 0 Å². The summed E-state index contributed by atoms with van der Waals surface area (Å²) in [4.78, 5) is 19.8. The molecule has 0 atom stereocenters. The number of carbonyl (C=O) groups is 1. The summed E-state index contributed by atoms with van der Waals surface area (Å²) < 4.78 is 5.46. The van der Waals surface area contributed by atoms with E-state index in [1.165, 1.54) is 4.88 Å². The molecule has 3 aromatic rings. The number of ether oxygens (including phenoxy) is 1. The zero-order valence-corrected chi connectivity index (χ0v) is 15.1. The first-order valence-electron chi connectivity index (χ1n) is 7.76. The number of nitrogens with zero attached hydrogens (tertiary/aromatic N) is 1. The van der Waals surface area contributed by atoms with Crippen LogP contribution in [0.5, 0.6) is 5.06 Å². The fourth-order valence-corrected chi connectivity index (χ4v) is 3.58. The number of aromatic nitrogens is 2. The van der Waals surface area contributed by atoms with Crippen molar-refractivity contribution in [2.45, 2.75) is 26.2 Å². The zero-order chi connectivity index (χ0) is 17.3. The molecule has 2 heterocycles. The van der Waals surface area contributed by atoms with Crippen molar-refractivity contribution in [2.75, 3.05) is 13.7 Å². The van der Waals surface area contributed by atoms with Gasteiger partial charge in [0.05, 0.1) is 23.7 Å². The lowest BCUT2D eigenvalue weighted by Gasteiger charge is -2.24. The van der Waals surface area contributed by atoms with E-state index in [0.29, 0.717) is 6.54 Å². The van der Waals surface area contributed by atoms with Gasteiger partial charge in [-0.1, -0.05) is 19.9 Å². The van der Waals surface area contributed by atoms with Crippen LogP contribution < -0.4 is 10.1 Å². The predicted molar refractivity (Wildman–Crippen MR) is 97.8 cm³/mol. The number of carbonyl (C=O) groups excluding carboxylic acids is 1. The van der Waals surface area contributed by atoms with Crippen LogP contribution in [0.3, 0.4) is 0 Å². The van der Waals surface area contributed by atoms with Gasteiger partial charge in [-0.15, -0.1) is 11.3 Å². The topological polar surface area (TPSA) is 67.0 Å². The van der Waals surface area contributed by atoms with Gasteiger partial charge < -0.3 is 15.0 Å². The van der Waals surface area contributed by atoms with E-state index in [1.807, 2.05) is 6.07 Å². The Morgan fingerprint density at radius 2 is 2.17 bits per heavy atom. The smallest absolute Gasteiger partial charge is 0.207 e. The summed E-state index contributed by atoms with van der Waals surface area (Å²) in [6.07, 6.45) is 0.736. The number of methoxy groups -OCH3 is 1. The first kappa shape index (κ1) is 16.5. The molecular formula is C18H21N3O2S. The van der Waals surface area contributed by atoms with Gasteiger partial charge in [0.2, 0.25) is 6.41 Å². The molecule has 0 aliphatic carbocycles. The quantitative estimate of drug-likeness (QED) is 0.672. The predicted octanol–water partition coefficient (Wildman–Crippen LogP) is 3.63. The average Bonchev–Trinajstić information content (AvgIpc) is 3.14. The normalized spacial score (nSPS) is 11.7. The molecule has 126 valence electrons. The largest absolute Gasteiger partial charge is 0.487 e. The minimum absolute atomic E-state index is 0.156. The van der Waals surface area contributed by atoms with Crippen LogP contribution in [-0.4, -0.2) is 30.0 Å². The van der Waals surface area contributed by atoms with Crippen LogP contribution in [0.25, 0.3) is 22.4 Å². The molecule has 24 heavy (non-hydrogen) atoms. The number of thiophene rings is 1. The van der Waals surface area contributed by atoms with E-state index >= 15 is 0 Å². The van der Waals surface area contributed by atoms with Gasteiger partial charge >= 0.3 is 0 Å². The number of rotatable bonds is 6. The number of hydrogen-bond acceptors (Lipinski definition) is 4. The molecule has 2 N–H and O–H groups in total. The van der Waals surface area contributed by atoms with E-state index in [2.05, 4.69) is 54.3 Å². The fourth-order valence-electron chi connectivity index (χ4n) is 2.77. The molecule has 3 rings (SSSR count). The maximum atomic E-state index is 10.6. The average molecular weight is 343 g/mol. The number of nitrogens with one attached hydrogen (secondary N) is 2. The molecule has 0 aliphatic heterocycles. The second-order valence-electron chi connectivity index (χ2n) is 6.46. The second-order valence-corrected chi connectivity index (χ2v) is 7.68.